The van der Waals surface area contributed by atoms with E-state index in [9.17, 15) is 18.0 Å². The van der Waals surface area contributed by atoms with Crippen molar-refractivity contribution in [3.8, 4) is 22.8 Å². The number of nitrogens with zero attached hydrogens (tertiary/aromatic N) is 5. The highest BCUT2D eigenvalue weighted by molar-refractivity contribution is 8.14. The number of hydrogen-bond donors (Lipinski definition) is 1. The predicted molar refractivity (Wildman–Crippen MR) is 162 cm³/mol. The molecule has 2 atom stereocenters. The molecule has 0 spiro atoms. The van der Waals surface area contributed by atoms with Crippen molar-refractivity contribution in [3.05, 3.63) is 102 Å². The normalized spacial score (nSPS) is 17.6. The maximum absolute atomic E-state index is 12.7. The number of hydrogen-bond acceptors (Lipinski definition) is 6. The van der Waals surface area contributed by atoms with E-state index in [0.29, 0.717) is 16.7 Å². The number of fused-ring (bicyclic) bond motifs is 3. The molecule has 0 bridgehead atoms. The smallest absolute Gasteiger partial charge is 0.406 e. The van der Waals surface area contributed by atoms with Gasteiger partial charge in [0, 0.05) is 22.9 Å². The van der Waals surface area contributed by atoms with E-state index in [1.165, 1.54) is 52.6 Å². The lowest BCUT2D eigenvalue weighted by atomic mass is 9.93. The number of carbonyl (C=O) groups is 1. The van der Waals surface area contributed by atoms with Gasteiger partial charge in [-0.2, -0.15) is 4.99 Å². The van der Waals surface area contributed by atoms with Crippen molar-refractivity contribution >= 4 is 28.6 Å². The minimum atomic E-state index is -4.76. The lowest BCUT2D eigenvalue weighted by Gasteiger charge is -2.30. The van der Waals surface area contributed by atoms with Crippen LogP contribution in [0.2, 0.25) is 0 Å². The minimum Gasteiger partial charge on any atom is -0.406 e. The van der Waals surface area contributed by atoms with Gasteiger partial charge in [0.15, 0.2) is 11.0 Å². The molecule has 226 valence electrons. The average Bonchev–Trinajstić information content (AvgIpc) is 3.63. The molecule has 3 heterocycles. The zero-order valence-corrected chi connectivity index (χ0v) is 24.7. The van der Waals surface area contributed by atoms with Gasteiger partial charge in [-0.3, -0.25) is 9.74 Å². The summed E-state index contributed by atoms with van der Waals surface area (Å²) in [6, 6.07) is 18.4. The zero-order valence-electron chi connectivity index (χ0n) is 23.9. The van der Waals surface area contributed by atoms with Gasteiger partial charge in [0.25, 0.3) is 0 Å². The summed E-state index contributed by atoms with van der Waals surface area (Å²) < 4.78 is 42.6. The summed E-state index contributed by atoms with van der Waals surface area (Å²) in [6.45, 7) is 6.01. The van der Waals surface area contributed by atoms with E-state index in [2.05, 4.69) is 56.5 Å². The van der Waals surface area contributed by atoms with E-state index >= 15 is 0 Å². The number of aromatic nitrogens is 3. The van der Waals surface area contributed by atoms with Crippen LogP contribution < -0.4 is 15.1 Å². The van der Waals surface area contributed by atoms with Crippen molar-refractivity contribution in [2.24, 2.45) is 4.99 Å². The van der Waals surface area contributed by atoms with Crippen molar-refractivity contribution in [1.82, 2.24) is 20.2 Å². The number of aliphatic imine (C=N–C) groups is 1. The van der Waals surface area contributed by atoms with E-state index < -0.39 is 18.5 Å². The Morgan fingerprint density at radius 1 is 1.11 bits per heavy atom. The van der Waals surface area contributed by atoms with Crippen molar-refractivity contribution in [1.29, 1.82) is 0 Å². The molecule has 1 N–H and O–H groups in total. The largest absolute Gasteiger partial charge is 0.573 e. The van der Waals surface area contributed by atoms with Gasteiger partial charge in [-0.1, -0.05) is 61.2 Å². The van der Waals surface area contributed by atoms with E-state index in [1.807, 2.05) is 36.1 Å². The molecule has 4 aromatic rings. The number of alkyl halides is 3. The molecule has 44 heavy (non-hydrogen) atoms. The Morgan fingerprint density at radius 2 is 1.86 bits per heavy atom. The first-order valence-electron chi connectivity index (χ1n) is 13.7. The summed E-state index contributed by atoms with van der Waals surface area (Å²) in [7, 11) is 0. The van der Waals surface area contributed by atoms with E-state index in [0.717, 1.165) is 33.8 Å². The average molecular weight is 621 g/mol. The Kier molecular flexibility index (Phi) is 7.91. The summed E-state index contributed by atoms with van der Waals surface area (Å²) in [4.78, 5) is 29.0. The zero-order chi connectivity index (χ0) is 31.0. The first kappa shape index (κ1) is 29.5. The fourth-order valence-corrected chi connectivity index (χ4v) is 6.00. The molecular formula is C31H27F3N6O3S. The fraction of sp³-hybridized carbons (Fsp3) is 0.226. The third-order valence-electron chi connectivity index (χ3n) is 7.17. The maximum Gasteiger partial charge on any atom is 0.573 e. The van der Waals surface area contributed by atoms with Crippen LogP contribution in [0.15, 0.2) is 89.8 Å². The number of allylic oxidation sites excluding steroid dienone is 1. The summed E-state index contributed by atoms with van der Waals surface area (Å²) in [5.41, 5.74) is 8.99. The topological polar surface area (TPSA) is 93.9 Å². The quantitative estimate of drug-likeness (QED) is 0.224. The molecule has 0 radical (unpaired) electrons. The number of amides is 2. The first-order chi connectivity index (χ1) is 21.0. The number of urea groups is 1. The van der Waals surface area contributed by atoms with Gasteiger partial charge in [0.2, 0.25) is 0 Å². The van der Waals surface area contributed by atoms with Gasteiger partial charge in [0.05, 0.1) is 11.4 Å². The van der Waals surface area contributed by atoms with Crippen molar-refractivity contribution in [3.63, 3.8) is 0 Å². The van der Waals surface area contributed by atoms with E-state index in [1.54, 1.807) is 6.92 Å². The summed E-state index contributed by atoms with van der Waals surface area (Å²) in [5, 5.41) is 5.02. The number of rotatable bonds is 6. The molecule has 2 aliphatic rings. The van der Waals surface area contributed by atoms with Crippen molar-refractivity contribution in [2.45, 2.75) is 39.2 Å². The van der Waals surface area contributed by atoms with Gasteiger partial charge < -0.3 is 4.74 Å². The summed E-state index contributed by atoms with van der Waals surface area (Å²) in [6.07, 6.45) is -1.55. The third-order valence-corrected chi connectivity index (χ3v) is 8.14. The first-order valence-corrected chi connectivity index (χ1v) is 14.7. The third kappa shape index (κ3) is 6.33. The fourth-order valence-electron chi connectivity index (χ4n) is 5.00. The second-order valence-electron chi connectivity index (χ2n) is 10.4. The number of amidine groups is 1. The van der Waals surface area contributed by atoms with E-state index in [-0.39, 0.29) is 11.7 Å². The lowest BCUT2D eigenvalue weighted by Crippen LogP contribution is -2.30. The van der Waals surface area contributed by atoms with Crippen LogP contribution in [0.5, 0.6) is 5.75 Å². The Balaban J connectivity index is 1.07. The number of benzene rings is 3. The molecule has 1 fully saturated rings. The summed E-state index contributed by atoms with van der Waals surface area (Å²) >= 11 is 1.51. The Morgan fingerprint density at radius 3 is 2.59 bits per heavy atom. The van der Waals surface area contributed by atoms with Crippen molar-refractivity contribution < 1.29 is 27.5 Å². The maximum atomic E-state index is 12.7. The van der Waals surface area contributed by atoms with Crippen LogP contribution in [0.1, 0.15) is 42.6 Å². The SMILES string of the molecule is Cc1ccc2c(c1)N1C(=CC2C)CS/C1=N\C(=O)NOC(C)c1ccc(-c2ncn(-c3ccc(OC(F)(F)F)cc3)n2)cc1. The highest BCUT2D eigenvalue weighted by atomic mass is 32.2. The molecule has 13 heteroatoms. The molecule has 2 unspecified atom stereocenters. The number of nitrogens with one attached hydrogen (secondary N) is 1. The van der Waals surface area contributed by atoms with Gasteiger partial charge in [-0.05, 0) is 60.9 Å². The van der Waals surface area contributed by atoms with Crippen LogP contribution in [0, 0.1) is 6.92 Å². The van der Waals surface area contributed by atoms with Crippen LogP contribution in [0.25, 0.3) is 17.1 Å². The van der Waals surface area contributed by atoms with Crippen LogP contribution in [-0.4, -0.2) is 38.1 Å². The number of halogens is 3. The van der Waals surface area contributed by atoms with Crippen LogP contribution in [-0.2, 0) is 4.84 Å². The molecule has 3 aromatic carbocycles. The monoisotopic (exact) mass is 620 g/mol. The Hall–Kier alpha value is -4.62. The number of thioether (sulfide) groups is 1. The van der Waals surface area contributed by atoms with Gasteiger partial charge in [-0.15, -0.1) is 18.3 Å². The standard InChI is InChI=1S/C31H27F3N6O3S/c1-18-4-13-26-19(2)15-24-16-44-30(40(24)27(26)14-18)36-29(41)38-43-20(3)21-5-7-22(8-6-21)28-35-17-39(37-28)23-9-11-25(12-10-23)42-31(32,33)34/h4-15,17,19-20H,16H2,1-3H3,(H,38,41)/b36-30-. The highest BCUT2D eigenvalue weighted by Gasteiger charge is 2.33. The molecule has 0 saturated carbocycles. The second-order valence-corrected chi connectivity index (χ2v) is 11.3. The Labute approximate surface area is 255 Å². The number of ether oxygens (including phenoxy) is 1. The van der Waals surface area contributed by atoms with E-state index in [4.69, 9.17) is 4.84 Å². The van der Waals surface area contributed by atoms with Crippen LogP contribution in [0.4, 0.5) is 23.7 Å². The molecular weight excluding hydrogens is 593 g/mol. The molecule has 0 aliphatic carbocycles. The number of aryl methyl sites for hydroxylation is 1. The highest BCUT2D eigenvalue weighted by Crippen LogP contribution is 2.43. The summed E-state index contributed by atoms with van der Waals surface area (Å²) in [5.74, 6) is 1.13. The molecule has 6 rings (SSSR count). The van der Waals surface area contributed by atoms with Gasteiger partial charge >= 0.3 is 12.4 Å². The molecule has 2 aliphatic heterocycles. The lowest BCUT2D eigenvalue weighted by molar-refractivity contribution is -0.274. The van der Waals surface area contributed by atoms with Gasteiger partial charge in [0.1, 0.15) is 18.2 Å². The Bertz CT molecular complexity index is 1750. The van der Waals surface area contributed by atoms with Crippen LogP contribution in [0.3, 0.4) is 0 Å². The minimum absolute atomic E-state index is 0.287. The number of carbonyl (C=O) groups excluding carboxylic acids is 1. The predicted octanol–water partition coefficient (Wildman–Crippen LogP) is 7.45. The molecule has 1 saturated heterocycles. The van der Waals surface area contributed by atoms with Crippen LogP contribution >= 0.6 is 11.8 Å². The number of anilines is 1. The van der Waals surface area contributed by atoms with Crippen molar-refractivity contribution in [2.75, 3.05) is 10.7 Å². The molecule has 2 amide bonds. The second kappa shape index (κ2) is 11.8. The number of hydroxylamine groups is 1. The molecule has 1 aromatic heterocycles. The molecule has 9 nitrogen and oxygen atoms in total. The van der Waals surface area contributed by atoms with Gasteiger partial charge in [-0.25, -0.2) is 19.9 Å².